The molecule has 1 aliphatic heterocycles. The molecule has 0 spiro atoms. The zero-order chi connectivity index (χ0) is 17.5. The Bertz CT molecular complexity index is 581. The molecule has 0 radical (unpaired) electrons. The van der Waals surface area contributed by atoms with Crippen molar-refractivity contribution in [3.05, 3.63) is 23.8 Å². The van der Waals surface area contributed by atoms with Crippen LogP contribution in [0.4, 0.5) is 5.69 Å². The monoisotopic (exact) mass is 333 g/mol. The number of nitrogen functional groups attached to an aromatic ring is 1. The van der Waals surface area contributed by atoms with E-state index in [2.05, 4.69) is 4.90 Å². The highest BCUT2D eigenvalue weighted by atomic mass is 16.5. The Hall–Kier alpha value is -2.08. The second kappa shape index (κ2) is 8.68. The Labute approximate surface area is 143 Å². The van der Waals surface area contributed by atoms with E-state index in [1.807, 2.05) is 11.8 Å². The van der Waals surface area contributed by atoms with Crippen LogP contribution in [0.15, 0.2) is 18.2 Å². The third kappa shape index (κ3) is 4.96. The molecule has 0 aliphatic carbocycles. The van der Waals surface area contributed by atoms with Gasteiger partial charge in [-0.2, -0.15) is 0 Å². The van der Waals surface area contributed by atoms with Crippen LogP contribution in [0.25, 0.3) is 0 Å². The number of anilines is 1. The van der Waals surface area contributed by atoms with E-state index >= 15 is 0 Å². The molecular formula is C18H27N3O3. The van der Waals surface area contributed by atoms with E-state index in [4.69, 9.17) is 10.5 Å². The van der Waals surface area contributed by atoms with Crippen molar-refractivity contribution < 1.29 is 14.3 Å². The average molecular weight is 333 g/mol. The maximum atomic E-state index is 12.3. The summed E-state index contributed by atoms with van der Waals surface area (Å²) in [5, 5.41) is 0. The summed E-state index contributed by atoms with van der Waals surface area (Å²) in [5.41, 5.74) is 7.09. The van der Waals surface area contributed by atoms with Crippen LogP contribution in [-0.4, -0.2) is 60.8 Å². The van der Waals surface area contributed by atoms with Crippen molar-refractivity contribution in [2.45, 2.75) is 26.7 Å². The van der Waals surface area contributed by atoms with E-state index in [1.165, 1.54) is 0 Å². The van der Waals surface area contributed by atoms with Crippen LogP contribution in [0, 0.1) is 0 Å². The van der Waals surface area contributed by atoms with Crippen LogP contribution in [0.5, 0.6) is 5.75 Å². The first kappa shape index (κ1) is 18.3. The van der Waals surface area contributed by atoms with E-state index in [0.717, 1.165) is 32.6 Å². The van der Waals surface area contributed by atoms with Crippen LogP contribution < -0.4 is 10.5 Å². The average Bonchev–Trinajstić information content (AvgIpc) is 2.59. The Morgan fingerprint density at radius 2 is 1.92 bits per heavy atom. The molecule has 1 saturated heterocycles. The number of carbonyl (C=O) groups is 2. The Morgan fingerprint density at radius 3 is 2.50 bits per heavy atom. The minimum Gasteiger partial charge on any atom is -0.491 e. The van der Waals surface area contributed by atoms with Crippen molar-refractivity contribution in [1.29, 1.82) is 0 Å². The van der Waals surface area contributed by atoms with Gasteiger partial charge in [-0.05, 0) is 24.6 Å². The second-order valence-corrected chi connectivity index (χ2v) is 6.12. The highest BCUT2D eigenvalue weighted by Gasteiger charge is 2.19. The van der Waals surface area contributed by atoms with Crippen molar-refractivity contribution in [3.8, 4) is 5.75 Å². The number of nitrogens with zero attached hydrogens (tertiary/aromatic N) is 2. The molecule has 132 valence electrons. The predicted octanol–water partition coefficient (Wildman–Crippen LogP) is 1.79. The van der Waals surface area contributed by atoms with Gasteiger partial charge in [0.1, 0.15) is 5.75 Å². The van der Waals surface area contributed by atoms with Gasteiger partial charge in [0.2, 0.25) is 5.91 Å². The minimum atomic E-state index is 0.0812. The number of ether oxygens (including phenoxy) is 1. The van der Waals surface area contributed by atoms with Gasteiger partial charge in [-0.25, -0.2) is 0 Å². The van der Waals surface area contributed by atoms with Crippen molar-refractivity contribution in [2.75, 3.05) is 45.1 Å². The number of amides is 1. The molecule has 0 aromatic heterocycles. The molecule has 0 saturated carbocycles. The molecule has 1 amide bonds. The van der Waals surface area contributed by atoms with E-state index in [9.17, 15) is 9.59 Å². The number of benzene rings is 1. The molecule has 0 unspecified atom stereocenters. The number of nitrogens with two attached hydrogens (primary N) is 1. The Morgan fingerprint density at radius 1 is 1.21 bits per heavy atom. The summed E-state index contributed by atoms with van der Waals surface area (Å²) in [7, 11) is 0. The zero-order valence-corrected chi connectivity index (χ0v) is 14.6. The molecule has 6 nitrogen and oxygen atoms in total. The molecule has 24 heavy (non-hydrogen) atoms. The summed E-state index contributed by atoms with van der Waals surface area (Å²) in [6.07, 6.45) is 1.37. The number of piperazine rings is 1. The van der Waals surface area contributed by atoms with Gasteiger partial charge in [-0.3, -0.25) is 14.5 Å². The summed E-state index contributed by atoms with van der Waals surface area (Å²) >= 11 is 0. The number of hydrogen-bond donors (Lipinski definition) is 1. The largest absolute Gasteiger partial charge is 0.491 e. The van der Waals surface area contributed by atoms with Gasteiger partial charge in [0, 0.05) is 51.6 Å². The second-order valence-electron chi connectivity index (χ2n) is 6.12. The third-order valence-corrected chi connectivity index (χ3v) is 4.27. The smallest absolute Gasteiger partial charge is 0.219 e. The van der Waals surface area contributed by atoms with Gasteiger partial charge in [0.25, 0.3) is 0 Å². The van der Waals surface area contributed by atoms with Gasteiger partial charge < -0.3 is 15.4 Å². The molecule has 1 fully saturated rings. The first-order valence-electron chi connectivity index (χ1n) is 8.54. The molecule has 2 rings (SSSR count). The SMILES string of the molecule is CCCOc1ccc(C(=O)CCN2CCN(C(C)=O)CC2)cc1N. The topological polar surface area (TPSA) is 75.9 Å². The molecule has 0 bridgehead atoms. The van der Waals surface area contributed by atoms with Gasteiger partial charge >= 0.3 is 0 Å². The van der Waals surface area contributed by atoms with Crippen molar-refractivity contribution in [1.82, 2.24) is 9.80 Å². The first-order valence-corrected chi connectivity index (χ1v) is 8.54. The van der Waals surface area contributed by atoms with Crippen LogP contribution in [0.2, 0.25) is 0 Å². The van der Waals surface area contributed by atoms with Crippen LogP contribution in [0.3, 0.4) is 0 Å². The fourth-order valence-corrected chi connectivity index (χ4v) is 2.76. The fourth-order valence-electron chi connectivity index (χ4n) is 2.76. The zero-order valence-electron chi connectivity index (χ0n) is 14.6. The molecule has 1 aliphatic rings. The van der Waals surface area contributed by atoms with Crippen LogP contribution in [0.1, 0.15) is 37.0 Å². The summed E-state index contributed by atoms with van der Waals surface area (Å²) in [6, 6.07) is 5.24. The highest BCUT2D eigenvalue weighted by Crippen LogP contribution is 2.23. The van der Waals surface area contributed by atoms with Crippen molar-refractivity contribution >= 4 is 17.4 Å². The number of Topliss-reactive ketones (excluding diaryl/α,β-unsaturated/α-hetero) is 1. The molecule has 1 aromatic carbocycles. The lowest BCUT2D eigenvalue weighted by Crippen LogP contribution is -2.48. The lowest BCUT2D eigenvalue weighted by Gasteiger charge is -2.34. The van der Waals surface area contributed by atoms with Gasteiger partial charge in [0.05, 0.1) is 12.3 Å². The van der Waals surface area contributed by atoms with Gasteiger partial charge in [0.15, 0.2) is 5.78 Å². The number of carbonyl (C=O) groups excluding carboxylic acids is 2. The predicted molar refractivity (Wildman–Crippen MR) is 94.3 cm³/mol. The fraction of sp³-hybridized carbons (Fsp3) is 0.556. The molecule has 1 heterocycles. The Balaban J connectivity index is 1.82. The number of hydrogen-bond acceptors (Lipinski definition) is 5. The lowest BCUT2D eigenvalue weighted by atomic mass is 10.1. The standard InChI is InChI=1S/C18H27N3O3/c1-3-12-24-18-5-4-15(13-16(18)19)17(23)6-7-20-8-10-21(11-9-20)14(2)22/h4-5,13H,3,6-12,19H2,1-2H3. The van der Waals surface area contributed by atoms with E-state index < -0.39 is 0 Å². The molecular weight excluding hydrogens is 306 g/mol. The van der Waals surface area contributed by atoms with Crippen molar-refractivity contribution in [3.63, 3.8) is 0 Å². The normalized spacial score (nSPS) is 15.3. The first-order chi connectivity index (χ1) is 11.5. The minimum absolute atomic E-state index is 0.0812. The maximum Gasteiger partial charge on any atom is 0.219 e. The number of ketones is 1. The van der Waals surface area contributed by atoms with Crippen LogP contribution >= 0.6 is 0 Å². The molecule has 1 aromatic rings. The lowest BCUT2D eigenvalue weighted by molar-refractivity contribution is -0.130. The summed E-state index contributed by atoms with van der Waals surface area (Å²) in [6.45, 7) is 8.06. The summed E-state index contributed by atoms with van der Waals surface area (Å²) in [5.74, 6) is 0.832. The number of rotatable bonds is 7. The summed E-state index contributed by atoms with van der Waals surface area (Å²) < 4.78 is 5.53. The third-order valence-electron chi connectivity index (χ3n) is 4.27. The van der Waals surface area contributed by atoms with Crippen LogP contribution in [-0.2, 0) is 4.79 Å². The van der Waals surface area contributed by atoms with Crippen molar-refractivity contribution in [2.24, 2.45) is 0 Å². The maximum absolute atomic E-state index is 12.3. The van der Waals surface area contributed by atoms with Gasteiger partial charge in [-0.15, -0.1) is 0 Å². The highest BCUT2D eigenvalue weighted by molar-refractivity contribution is 5.97. The molecule has 0 atom stereocenters. The van der Waals surface area contributed by atoms with Gasteiger partial charge in [-0.1, -0.05) is 6.92 Å². The van der Waals surface area contributed by atoms with E-state index in [1.54, 1.807) is 25.1 Å². The Kier molecular flexibility index (Phi) is 6.61. The summed E-state index contributed by atoms with van der Waals surface area (Å²) in [4.78, 5) is 27.7. The van der Waals surface area contributed by atoms with E-state index in [0.29, 0.717) is 36.6 Å². The quantitative estimate of drug-likeness (QED) is 0.608. The van der Waals surface area contributed by atoms with E-state index in [-0.39, 0.29) is 11.7 Å². The molecule has 6 heteroatoms. The molecule has 2 N–H and O–H groups in total.